The summed E-state index contributed by atoms with van der Waals surface area (Å²) < 4.78 is 38.2. The summed E-state index contributed by atoms with van der Waals surface area (Å²) in [6, 6.07) is 4.70. The van der Waals surface area contributed by atoms with Gasteiger partial charge < -0.3 is 14.8 Å². The second-order valence-electron chi connectivity index (χ2n) is 8.93. The number of amides is 1. The highest BCUT2D eigenvalue weighted by molar-refractivity contribution is 7.89. The number of rotatable bonds is 7. The lowest BCUT2D eigenvalue weighted by Gasteiger charge is -2.24. The Kier molecular flexibility index (Phi) is 8.22. The lowest BCUT2D eigenvalue weighted by atomic mass is 10.1. The normalized spacial score (nSPS) is 13.3. The molecular formula is C21H32N2O6S. The lowest BCUT2D eigenvalue weighted by Crippen LogP contribution is -2.44. The first-order valence-corrected chi connectivity index (χ1v) is 10.9. The molecule has 0 unspecified atom stereocenters. The maximum absolute atomic E-state index is 12.7. The van der Waals surface area contributed by atoms with E-state index in [0.29, 0.717) is 11.1 Å². The van der Waals surface area contributed by atoms with Crippen LogP contribution in [0.3, 0.4) is 0 Å². The monoisotopic (exact) mass is 440 g/mol. The molecule has 30 heavy (non-hydrogen) atoms. The Morgan fingerprint density at radius 2 is 1.50 bits per heavy atom. The van der Waals surface area contributed by atoms with E-state index in [4.69, 9.17) is 9.47 Å². The summed E-state index contributed by atoms with van der Waals surface area (Å²) in [5.74, 6) is -0.725. The van der Waals surface area contributed by atoms with Crippen LogP contribution in [-0.4, -0.2) is 37.7 Å². The van der Waals surface area contributed by atoms with Gasteiger partial charge in [0, 0.05) is 6.54 Å². The van der Waals surface area contributed by atoms with Crippen LogP contribution in [0.15, 0.2) is 41.3 Å². The molecule has 1 aromatic rings. The Bertz CT molecular complexity index is 878. The molecule has 0 saturated carbocycles. The molecule has 0 radical (unpaired) electrons. The van der Waals surface area contributed by atoms with Crippen molar-refractivity contribution in [2.75, 3.05) is 0 Å². The summed E-state index contributed by atoms with van der Waals surface area (Å²) in [6.45, 7) is 15.8. The van der Waals surface area contributed by atoms with E-state index in [2.05, 4.69) is 16.6 Å². The largest absolute Gasteiger partial charge is 0.459 e. The molecule has 0 spiro atoms. The van der Waals surface area contributed by atoms with Crippen LogP contribution in [0.2, 0.25) is 0 Å². The first kappa shape index (κ1) is 25.6. The number of hydrogen-bond donors (Lipinski definition) is 2. The summed E-state index contributed by atoms with van der Waals surface area (Å²) in [7, 11) is -4.00. The van der Waals surface area contributed by atoms with Crippen molar-refractivity contribution in [1.29, 1.82) is 0 Å². The fourth-order valence-corrected chi connectivity index (χ4v) is 3.45. The molecule has 168 valence electrons. The number of esters is 1. The first-order valence-electron chi connectivity index (χ1n) is 9.46. The molecule has 0 aliphatic rings. The van der Waals surface area contributed by atoms with E-state index in [1.54, 1.807) is 60.6 Å². The Labute approximate surface area is 179 Å². The Balaban J connectivity index is 2.86. The number of sulfonamides is 1. The third-order valence-corrected chi connectivity index (χ3v) is 4.92. The number of carbonyl (C=O) groups is 2. The van der Waals surface area contributed by atoms with Gasteiger partial charge in [-0.1, -0.05) is 24.3 Å². The molecule has 2 N–H and O–H groups in total. The molecule has 1 aromatic carbocycles. The molecule has 0 aliphatic carbocycles. The van der Waals surface area contributed by atoms with Crippen LogP contribution in [0.4, 0.5) is 4.79 Å². The van der Waals surface area contributed by atoms with Crippen LogP contribution in [0, 0.1) is 0 Å². The van der Waals surface area contributed by atoms with E-state index in [1.165, 1.54) is 12.1 Å². The number of hydrogen-bond acceptors (Lipinski definition) is 6. The maximum atomic E-state index is 12.7. The van der Waals surface area contributed by atoms with Gasteiger partial charge in [-0.3, -0.25) is 0 Å². The number of ether oxygens (including phenoxy) is 2. The van der Waals surface area contributed by atoms with Gasteiger partial charge in [0.15, 0.2) is 0 Å². The molecule has 0 aliphatic heterocycles. The van der Waals surface area contributed by atoms with Crippen LogP contribution in [-0.2, 0) is 30.8 Å². The summed E-state index contributed by atoms with van der Waals surface area (Å²) in [4.78, 5) is 24.0. The number of alkyl carbamates (subject to hydrolysis) is 1. The van der Waals surface area contributed by atoms with Crippen molar-refractivity contribution in [3.63, 3.8) is 0 Å². The zero-order chi connectivity index (χ0) is 23.3. The summed E-state index contributed by atoms with van der Waals surface area (Å²) in [5.41, 5.74) is -0.380. The topological polar surface area (TPSA) is 111 Å². The van der Waals surface area contributed by atoms with E-state index in [9.17, 15) is 18.0 Å². The minimum Gasteiger partial charge on any atom is -0.459 e. The SMILES string of the molecule is C=C(C)[C@@H](NS(=O)(=O)c1ccc(CNC(=O)OC(C)(C)C)cc1)C(=O)OC(C)(C)C. The van der Waals surface area contributed by atoms with Gasteiger partial charge in [-0.15, -0.1) is 0 Å². The second-order valence-corrected chi connectivity index (χ2v) is 10.6. The highest BCUT2D eigenvalue weighted by atomic mass is 32.2. The van der Waals surface area contributed by atoms with Crippen LogP contribution in [0.1, 0.15) is 54.0 Å². The first-order chi connectivity index (χ1) is 13.5. The Morgan fingerprint density at radius 1 is 1.00 bits per heavy atom. The fraction of sp³-hybridized carbons (Fsp3) is 0.524. The molecule has 9 heteroatoms. The molecule has 1 amide bonds. The smallest absolute Gasteiger partial charge is 0.407 e. The number of benzene rings is 1. The lowest BCUT2D eigenvalue weighted by molar-refractivity contribution is -0.155. The van der Waals surface area contributed by atoms with E-state index in [1.807, 2.05) is 0 Å². The van der Waals surface area contributed by atoms with E-state index >= 15 is 0 Å². The Hall–Kier alpha value is -2.39. The molecule has 0 saturated heterocycles. The molecule has 0 aromatic heterocycles. The molecule has 0 heterocycles. The van der Waals surface area contributed by atoms with Crippen molar-refractivity contribution in [3.8, 4) is 0 Å². The van der Waals surface area contributed by atoms with Gasteiger partial charge in [0.2, 0.25) is 10.0 Å². The van der Waals surface area contributed by atoms with Gasteiger partial charge >= 0.3 is 12.1 Å². The van der Waals surface area contributed by atoms with E-state index < -0.39 is 39.3 Å². The Morgan fingerprint density at radius 3 is 1.93 bits per heavy atom. The standard InChI is InChI=1S/C21H32N2O6S/c1-14(2)17(18(24)28-20(3,4)5)23-30(26,27)16-11-9-15(10-12-16)13-22-19(25)29-21(6,7)8/h9-12,17,23H,1,13H2,2-8H3,(H,22,25)/t17-/m1/s1. The zero-order valence-electron chi connectivity index (χ0n) is 18.7. The quantitative estimate of drug-likeness (QED) is 0.497. The van der Waals surface area contributed by atoms with Gasteiger partial charge in [-0.05, 0) is 66.2 Å². The fourth-order valence-electron chi connectivity index (χ4n) is 2.21. The van der Waals surface area contributed by atoms with Crippen molar-refractivity contribution in [2.45, 2.75) is 77.2 Å². The van der Waals surface area contributed by atoms with Crippen molar-refractivity contribution in [3.05, 3.63) is 42.0 Å². The highest BCUT2D eigenvalue weighted by Gasteiger charge is 2.30. The van der Waals surface area contributed by atoms with Gasteiger partial charge in [0.1, 0.15) is 17.2 Å². The molecule has 8 nitrogen and oxygen atoms in total. The summed E-state index contributed by atoms with van der Waals surface area (Å²) in [6.07, 6.45) is -0.567. The zero-order valence-corrected chi connectivity index (χ0v) is 19.5. The third-order valence-electron chi connectivity index (χ3n) is 3.48. The average Bonchev–Trinajstić information content (AvgIpc) is 2.55. The molecular weight excluding hydrogens is 408 g/mol. The summed E-state index contributed by atoms with van der Waals surface area (Å²) >= 11 is 0. The van der Waals surface area contributed by atoms with Crippen LogP contribution < -0.4 is 10.0 Å². The van der Waals surface area contributed by atoms with Crippen LogP contribution in [0.5, 0.6) is 0 Å². The average molecular weight is 441 g/mol. The van der Waals surface area contributed by atoms with Gasteiger partial charge in [-0.2, -0.15) is 4.72 Å². The number of nitrogens with one attached hydrogen (secondary N) is 2. The predicted octanol–water partition coefficient (Wildman–Crippen LogP) is 3.28. The van der Waals surface area contributed by atoms with Gasteiger partial charge in [0.05, 0.1) is 4.90 Å². The van der Waals surface area contributed by atoms with Gasteiger partial charge in [-0.25, -0.2) is 18.0 Å². The van der Waals surface area contributed by atoms with Crippen molar-refractivity contribution < 1.29 is 27.5 Å². The van der Waals surface area contributed by atoms with E-state index in [-0.39, 0.29) is 11.4 Å². The highest BCUT2D eigenvalue weighted by Crippen LogP contribution is 2.16. The maximum Gasteiger partial charge on any atom is 0.407 e. The van der Waals surface area contributed by atoms with Crippen molar-refractivity contribution in [2.24, 2.45) is 0 Å². The predicted molar refractivity (Wildman–Crippen MR) is 114 cm³/mol. The van der Waals surface area contributed by atoms with E-state index in [0.717, 1.165) is 0 Å². The molecule has 1 atom stereocenters. The molecule has 1 rings (SSSR count). The van der Waals surface area contributed by atoms with Gasteiger partial charge in [0.25, 0.3) is 0 Å². The minimum absolute atomic E-state index is 0.0293. The minimum atomic E-state index is -4.00. The van der Waals surface area contributed by atoms with Crippen LogP contribution in [0.25, 0.3) is 0 Å². The van der Waals surface area contributed by atoms with Crippen molar-refractivity contribution >= 4 is 22.1 Å². The second kappa shape index (κ2) is 9.61. The summed E-state index contributed by atoms with van der Waals surface area (Å²) in [5, 5.41) is 2.60. The van der Waals surface area contributed by atoms with Crippen LogP contribution >= 0.6 is 0 Å². The molecule has 0 bridgehead atoms. The number of carbonyl (C=O) groups excluding carboxylic acids is 2. The third kappa shape index (κ3) is 8.96. The molecule has 0 fully saturated rings. The van der Waals surface area contributed by atoms with Crippen molar-refractivity contribution in [1.82, 2.24) is 10.0 Å².